The average molecular weight is 203 g/mol. The van der Waals surface area contributed by atoms with Crippen LogP contribution < -0.4 is 101 Å². The molecule has 2 N–H and O–H groups in total. The molecule has 0 rings (SSSR count). The van der Waals surface area contributed by atoms with Crippen molar-refractivity contribution in [1.82, 2.24) is 0 Å². The van der Waals surface area contributed by atoms with E-state index in [1.54, 1.807) is 0 Å². The zero-order valence-electron chi connectivity index (χ0n) is 5.50. The predicted molar refractivity (Wildman–Crippen MR) is 13.5 cm³/mol. The second-order valence-corrected chi connectivity index (χ2v) is 0.651. The SMILES string of the molecule is O=S([O-])O.[Cl-].[Na+].[Na+].[Na+].[OH-]. The summed E-state index contributed by atoms with van der Waals surface area (Å²) < 4.78 is 24.1. The third kappa shape index (κ3) is 89.2. The van der Waals surface area contributed by atoms with Crippen molar-refractivity contribution < 1.29 is 120 Å². The van der Waals surface area contributed by atoms with Gasteiger partial charge in [0.25, 0.3) is 0 Å². The van der Waals surface area contributed by atoms with Gasteiger partial charge in [-0.05, 0) is 0 Å². The molecule has 42 valence electrons. The standard InChI is InChI=1S/ClH.3Na.H2O3S.H2O/c;;;;1-4(2)3;/h1H;;;;(H2,1,2,3);1H2/q;3*+1;;/p-3. The first-order chi connectivity index (χ1) is 1.73. The van der Waals surface area contributed by atoms with Crippen molar-refractivity contribution in [1.29, 1.82) is 0 Å². The van der Waals surface area contributed by atoms with E-state index >= 15 is 0 Å². The molecule has 0 radical (unpaired) electrons. The van der Waals surface area contributed by atoms with Crippen LogP contribution in [0.15, 0.2) is 0 Å². The summed E-state index contributed by atoms with van der Waals surface area (Å²) in [5, 5.41) is 0. The summed E-state index contributed by atoms with van der Waals surface area (Å²) in [6.07, 6.45) is 0. The fourth-order valence-corrected chi connectivity index (χ4v) is 0. The van der Waals surface area contributed by atoms with Crippen LogP contribution in [0, 0.1) is 0 Å². The van der Waals surface area contributed by atoms with Gasteiger partial charge in [-0.3, -0.25) is 0 Å². The molecule has 1 unspecified atom stereocenters. The van der Waals surface area contributed by atoms with Crippen LogP contribution in [-0.4, -0.2) is 18.8 Å². The van der Waals surface area contributed by atoms with Gasteiger partial charge >= 0.3 is 88.7 Å². The average Bonchev–Trinajstić information content (AvgIpc) is 0.811. The van der Waals surface area contributed by atoms with Crippen molar-refractivity contribution in [3.8, 4) is 0 Å². The van der Waals surface area contributed by atoms with Crippen LogP contribution in [0.1, 0.15) is 0 Å². The fourth-order valence-electron chi connectivity index (χ4n) is 0. The molecule has 4 nitrogen and oxygen atoms in total. The first kappa shape index (κ1) is 39.5. The summed E-state index contributed by atoms with van der Waals surface area (Å²) in [6, 6.07) is 0. The molecule has 0 aromatic carbocycles. The molecule has 0 aromatic rings. The smallest absolute Gasteiger partial charge is 1.00 e. The summed E-state index contributed by atoms with van der Waals surface area (Å²) in [6.45, 7) is 0. The Balaban J connectivity index is -0.00000000450. The van der Waals surface area contributed by atoms with Crippen LogP contribution >= 0.6 is 0 Å². The minimum Gasteiger partial charge on any atom is -1.00 e. The van der Waals surface area contributed by atoms with Crippen LogP contribution in [0.4, 0.5) is 0 Å². The normalized spacial score (nSPS) is 6.89. The Bertz CT molecular complexity index is 38.8. The Morgan fingerprint density at radius 3 is 1.22 bits per heavy atom. The van der Waals surface area contributed by atoms with Crippen LogP contribution in [0.25, 0.3) is 0 Å². The van der Waals surface area contributed by atoms with Crippen molar-refractivity contribution in [2.45, 2.75) is 0 Å². The van der Waals surface area contributed by atoms with Crippen molar-refractivity contribution in [2.24, 2.45) is 0 Å². The van der Waals surface area contributed by atoms with Gasteiger partial charge in [0, 0.05) is 0 Å². The number of rotatable bonds is 0. The summed E-state index contributed by atoms with van der Waals surface area (Å²) in [7, 11) is 0. The molecule has 0 saturated carbocycles. The third-order valence-electron chi connectivity index (χ3n) is 0. The van der Waals surface area contributed by atoms with Gasteiger partial charge in [0.15, 0.2) is 0 Å². The molecule has 9 heteroatoms. The fraction of sp³-hybridized carbons (Fsp3) is 0. The summed E-state index contributed by atoms with van der Waals surface area (Å²) in [5.41, 5.74) is 0. The quantitative estimate of drug-likeness (QED) is 0.312. The molecule has 1 atom stereocenters. The van der Waals surface area contributed by atoms with Gasteiger partial charge in [-0.1, -0.05) is 0 Å². The van der Waals surface area contributed by atoms with E-state index in [4.69, 9.17) is 13.3 Å². The maximum absolute atomic E-state index is 8.56. The zero-order chi connectivity index (χ0) is 3.58. The van der Waals surface area contributed by atoms with Crippen molar-refractivity contribution in [3.05, 3.63) is 0 Å². The molecule has 0 aliphatic heterocycles. The van der Waals surface area contributed by atoms with E-state index in [1.807, 2.05) is 0 Å². The Morgan fingerprint density at radius 1 is 1.22 bits per heavy atom. The first-order valence-electron chi connectivity index (χ1n) is 0.516. The van der Waals surface area contributed by atoms with Gasteiger partial charge in [0.1, 0.15) is 0 Å². The van der Waals surface area contributed by atoms with E-state index in [0.29, 0.717) is 0 Å². The Labute approximate surface area is 129 Å². The predicted octanol–water partition coefficient (Wildman–Crippen LogP) is -12.8. The van der Waals surface area contributed by atoms with Crippen molar-refractivity contribution >= 4 is 11.4 Å². The summed E-state index contributed by atoms with van der Waals surface area (Å²) in [4.78, 5) is 0. The van der Waals surface area contributed by atoms with E-state index in [0.717, 1.165) is 0 Å². The summed E-state index contributed by atoms with van der Waals surface area (Å²) in [5.74, 6) is 0. The molecular formula is H2ClNa3O4S. The van der Waals surface area contributed by atoms with Gasteiger partial charge in [0.05, 0.1) is 11.4 Å². The monoisotopic (exact) mass is 202 g/mol. The molecule has 0 bridgehead atoms. The molecule has 0 fully saturated rings. The zero-order valence-corrected chi connectivity index (χ0v) is 13.1. The molecule has 0 aliphatic rings. The van der Waals surface area contributed by atoms with E-state index < -0.39 is 11.4 Å². The molecule has 0 saturated heterocycles. The largest absolute Gasteiger partial charge is 1.00 e. The van der Waals surface area contributed by atoms with Gasteiger partial charge < -0.3 is 27.0 Å². The molecule has 0 aromatic heterocycles. The molecule has 0 amide bonds. The van der Waals surface area contributed by atoms with E-state index in [9.17, 15) is 0 Å². The minimum absolute atomic E-state index is 0. The molecule has 0 heterocycles. The molecule has 0 aliphatic carbocycles. The van der Waals surface area contributed by atoms with E-state index in [1.165, 1.54) is 0 Å². The number of halogens is 1. The third-order valence-corrected chi connectivity index (χ3v) is 0. The number of hydrogen-bond donors (Lipinski definition) is 1. The van der Waals surface area contributed by atoms with Gasteiger partial charge in [-0.25, -0.2) is 4.21 Å². The van der Waals surface area contributed by atoms with Crippen LogP contribution in [0.5, 0.6) is 0 Å². The second-order valence-electron chi connectivity index (χ2n) is 0.217. The van der Waals surface area contributed by atoms with Crippen molar-refractivity contribution in [2.75, 3.05) is 0 Å². The van der Waals surface area contributed by atoms with Crippen LogP contribution in [0.2, 0.25) is 0 Å². The van der Waals surface area contributed by atoms with Gasteiger partial charge in [-0.15, -0.1) is 0 Å². The molecule has 9 heavy (non-hydrogen) atoms. The summed E-state index contributed by atoms with van der Waals surface area (Å²) >= 11 is -2.86. The van der Waals surface area contributed by atoms with Crippen LogP contribution in [-0.2, 0) is 11.4 Å². The van der Waals surface area contributed by atoms with Gasteiger partial charge in [-0.2, -0.15) is 0 Å². The van der Waals surface area contributed by atoms with E-state index in [2.05, 4.69) is 0 Å². The second kappa shape index (κ2) is 30.2. The van der Waals surface area contributed by atoms with Crippen molar-refractivity contribution in [3.63, 3.8) is 0 Å². The molecular weight excluding hydrogens is 200 g/mol. The Hall–Kier alpha value is 3.32. The minimum atomic E-state index is -2.86. The maximum atomic E-state index is 8.56. The van der Waals surface area contributed by atoms with Crippen LogP contribution in [0.3, 0.4) is 0 Å². The first-order valence-corrected chi connectivity index (χ1v) is 1.55. The van der Waals surface area contributed by atoms with E-state index in [-0.39, 0.29) is 107 Å². The molecule has 0 spiro atoms. The maximum Gasteiger partial charge on any atom is 1.00 e. The topological polar surface area (TPSA) is 90.4 Å². The Kier molecular flexibility index (Phi) is 133. The van der Waals surface area contributed by atoms with Gasteiger partial charge in [0.2, 0.25) is 0 Å². The number of hydrogen-bond acceptors (Lipinski definition) is 3. The Morgan fingerprint density at radius 2 is 1.22 bits per heavy atom.